The number of nitrogens with zero attached hydrogens (tertiary/aromatic N) is 2. The summed E-state index contributed by atoms with van der Waals surface area (Å²) in [6, 6.07) is 7.90. The molecule has 0 fully saturated rings. The third kappa shape index (κ3) is 3.70. The van der Waals surface area contributed by atoms with E-state index in [0.717, 1.165) is 4.57 Å². The van der Waals surface area contributed by atoms with Gasteiger partial charge in [-0.15, -0.1) is 0 Å². The minimum absolute atomic E-state index is 0.0314. The molecule has 10 heteroatoms. The van der Waals surface area contributed by atoms with Crippen LogP contribution in [0.5, 0.6) is 5.75 Å². The highest BCUT2D eigenvalue weighted by molar-refractivity contribution is 6.07. The number of H-pyrrole nitrogens is 1. The molecule has 10 nitrogen and oxygen atoms in total. The molecular formula is C16H13N5O5. The molecular weight excluding hydrogens is 342 g/mol. The lowest BCUT2D eigenvalue weighted by Crippen LogP contribution is -2.34. The highest BCUT2D eigenvalue weighted by Gasteiger charge is 2.15. The molecule has 132 valence electrons. The molecule has 2 aromatic heterocycles. The molecule has 1 aromatic carbocycles. The monoisotopic (exact) mass is 355 g/mol. The van der Waals surface area contributed by atoms with Crippen LogP contribution >= 0.6 is 0 Å². The van der Waals surface area contributed by atoms with Gasteiger partial charge < -0.3 is 15.5 Å². The standard InChI is InChI=1S/C16H13N5O5/c22-11-3-1-10(2-4-11)17-15(24)18-14(23)13-7-12(19-20-13)9-5-6-21(8-9)16(25)26/h1-8,22H,(H,19,20)(H,25,26)(H2,17,18,23,24). The minimum Gasteiger partial charge on any atom is -0.508 e. The highest BCUT2D eigenvalue weighted by Crippen LogP contribution is 2.18. The molecule has 0 unspecified atom stereocenters. The van der Waals surface area contributed by atoms with Crippen molar-refractivity contribution in [3.05, 3.63) is 54.5 Å². The van der Waals surface area contributed by atoms with E-state index < -0.39 is 18.0 Å². The zero-order chi connectivity index (χ0) is 18.7. The molecule has 5 N–H and O–H groups in total. The lowest BCUT2D eigenvalue weighted by Gasteiger charge is -2.05. The van der Waals surface area contributed by atoms with E-state index in [-0.39, 0.29) is 11.4 Å². The number of phenols is 1. The van der Waals surface area contributed by atoms with Crippen LogP contribution in [0.15, 0.2) is 48.8 Å². The number of benzene rings is 1. The number of urea groups is 1. The molecule has 3 rings (SSSR count). The number of amides is 3. The van der Waals surface area contributed by atoms with Gasteiger partial charge in [-0.1, -0.05) is 0 Å². The third-order valence-corrected chi connectivity index (χ3v) is 3.38. The summed E-state index contributed by atoms with van der Waals surface area (Å²) >= 11 is 0. The Labute approximate surface area is 146 Å². The van der Waals surface area contributed by atoms with E-state index in [1.165, 1.54) is 48.8 Å². The van der Waals surface area contributed by atoms with E-state index in [1.807, 2.05) is 0 Å². The van der Waals surface area contributed by atoms with E-state index in [2.05, 4.69) is 20.8 Å². The number of phenolic OH excluding ortho intramolecular Hbond substituents is 1. The Morgan fingerprint density at radius 2 is 1.85 bits per heavy atom. The van der Waals surface area contributed by atoms with Crippen molar-refractivity contribution in [1.29, 1.82) is 0 Å². The maximum Gasteiger partial charge on any atom is 0.415 e. The molecule has 0 aliphatic rings. The molecule has 0 saturated carbocycles. The van der Waals surface area contributed by atoms with Crippen molar-refractivity contribution in [3.8, 4) is 17.0 Å². The third-order valence-electron chi connectivity index (χ3n) is 3.38. The first-order chi connectivity index (χ1) is 12.4. The number of hydrogen-bond acceptors (Lipinski definition) is 5. The Bertz CT molecular complexity index is 973. The maximum absolute atomic E-state index is 12.1. The second-order valence-electron chi connectivity index (χ2n) is 5.21. The topological polar surface area (TPSA) is 149 Å². The van der Waals surface area contributed by atoms with E-state index in [4.69, 9.17) is 5.11 Å². The summed E-state index contributed by atoms with van der Waals surface area (Å²) in [7, 11) is 0. The van der Waals surface area contributed by atoms with Gasteiger partial charge in [0, 0.05) is 23.6 Å². The Morgan fingerprint density at radius 3 is 2.50 bits per heavy atom. The van der Waals surface area contributed by atoms with Crippen LogP contribution in [0.1, 0.15) is 10.5 Å². The van der Waals surface area contributed by atoms with Crippen molar-refractivity contribution in [2.75, 3.05) is 5.32 Å². The second-order valence-corrected chi connectivity index (χ2v) is 5.21. The number of hydrogen-bond donors (Lipinski definition) is 5. The number of rotatable bonds is 3. The number of aromatic nitrogens is 3. The molecule has 0 saturated heterocycles. The number of carbonyl (C=O) groups is 3. The van der Waals surface area contributed by atoms with Crippen LogP contribution in [0, 0.1) is 0 Å². The van der Waals surface area contributed by atoms with Crippen molar-refractivity contribution in [3.63, 3.8) is 0 Å². The summed E-state index contributed by atoms with van der Waals surface area (Å²) in [4.78, 5) is 34.8. The molecule has 0 atom stereocenters. The average molecular weight is 355 g/mol. The molecule has 3 aromatic rings. The average Bonchev–Trinajstić information content (AvgIpc) is 3.25. The Morgan fingerprint density at radius 1 is 1.12 bits per heavy atom. The number of nitrogens with one attached hydrogen (secondary N) is 3. The van der Waals surface area contributed by atoms with E-state index in [9.17, 15) is 19.5 Å². The summed E-state index contributed by atoms with van der Waals surface area (Å²) in [5.74, 6) is -0.661. The molecule has 2 heterocycles. The van der Waals surface area contributed by atoms with Gasteiger partial charge in [0.05, 0.1) is 5.69 Å². The predicted octanol–water partition coefficient (Wildman–Crippen LogP) is 2.07. The van der Waals surface area contributed by atoms with Crippen molar-refractivity contribution >= 4 is 23.7 Å². The molecule has 0 bridgehead atoms. The van der Waals surface area contributed by atoms with Gasteiger partial charge >= 0.3 is 12.1 Å². The summed E-state index contributed by atoms with van der Waals surface area (Å²) < 4.78 is 0.953. The first-order valence-corrected chi connectivity index (χ1v) is 7.31. The first kappa shape index (κ1) is 16.8. The first-order valence-electron chi connectivity index (χ1n) is 7.31. The van der Waals surface area contributed by atoms with Crippen molar-refractivity contribution in [1.82, 2.24) is 20.1 Å². The zero-order valence-corrected chi connectivity index (χ0v) is 13.1. The van der Waals surface area contributed by atoms with Crippen LogP contribution < -0.4 is 10.6 Å². The predicted molar refractivity (Wildman–Crippen MR) is 90.0 cm³/mol. The fourth-order valence-corrected chi connectivity index (χ4v) is 2.13. The van der Waals surface area contributed by atoms with E-state index in [0.29, 0.717) is 16.9 Å². The van der Waals surface area contributed by atoms with E-state index >= 15 is 0 Å². The Hall–Kier alpha value is -4.08. The summed E-state index contributed by atoms with van der Waals surface area (Å²) in [5, 5.41) is 29.1. The molecule has 26 heavy (non-hydrogen) atoms. The minimum atomic E-state index is -1.14. The van der Waals surface area contributed by atoms with Gasteiger partial charge in [-0.3, -0.25) is 19.8 Å². The van der Waals surface area contributed by atoms with Crippen LogP contribution in [0.2, 0.25) is 0 Å². The van der Waals surface area contributed by atoms with Crippen LogP contribution in [0.4, 0.5) is 15.3 Å². The van der Waals surface area contributed by atoms with Gasteiger partial charge in [0.2, 0.25) is 0 Å². The smallest absolute Gasteiger partial charge is 0.415 e. The molecule has 0 radical (unpaired) electrons. The lowest BCUT2D eigenvalue weighted by molar-refractivity contribution is 0.0962. The maximum atomic E-state index is 12.1. The lowest BCUT2D eigenvalue weighted by atomic mass is 10.2. The van der Waals surface area contributed by atoms with Gasteiger partial charge in [0.15, 0.2) is 0 Å². The van der Waals surface area contributed by atoms with Crippen molar-refractivity contribution < 1.29 is 24.6 Å². The summed E-state index contributed by atoms with van der Waals surface area (Å²) in [6.07, 6.45) is 1.55. The van der Waals surface area contributed by atoms with E-state index in [1.54, 1.807) is 0 Å². The Balaban J connectivity index is 1.64. The van der Waals surface area contributed by atoms with Gasteiger partial charge in [0.25, 0.3) is 5.91 Å². The number of carboxylic acid groups (broad SMARTS) is 1. The number of aromatic hydroxyl groups is 1. The Kier molecular flexibility index (Phi) is 4.39. The highest BCUT2D eigenvalue weighted by atomic mass is 16.4. The summed E-state index contributed by atoms with van der Waals surface area (Å²) in [5.41, 5.74) is 1.28. The largest absolute Gasteiger partial charge is 0.508 e. The van der Waals surface area contributed by atoms with Crippen LogP contribution in [0.25, 0.3) is 11.3 Å². The normalized spacial score (nSPS) is 10.3. The fourth-order valence-electron chi connectivity index (χ4n) is 2.13. The van der Waals surface area contributed by atoms with Crippen LogP contribution in [-0.4, -0.2) is 43.0 Å². The number of carbonyl (C=O) groups excluding carboxylic acids is 2. The van der Waals surface area contributed by atoms with Crippen LogP contribution in [-0.2, 0) is 0 Å². The fraction of sp³-hybridized carbons (Fsp3) is 0. The van der Waals surface area contributed by atoms with Gasteiger partial charge in [-0.2, -0.15) is 5.10 Å². The quantitative estimate of drug-likeness (QED) is 0.454. The molecule has 0 aliphatic carbocycles. The van der Waals surface area contributed by atoms with Crippen LogP contribution in [0.3, 0.4) is 0 Å². The van der Waals surface area contributed by atoms with Gasteiger partial charge in [-0.25, -0.2) is 9.59 Å². The van der Waals surface area contributed by atoms with Crippen molar-refractivity contribution in [2.24, 2.45) is 0 Å². The number of anilines is 1. The molecule has 3 amide bonds. The second kappa shape index (κ2) is 6.81. The zero-order valence-electron chi connectivity index (χ0n) is 13.1. The molecule has 0 spiro atoms. The SMILES string of the molecule is O=C(NC(=O)c1cc(-c2ccn(C(=O)O)c2)n[nH]1)Nc1ccc(O)cc1. The number of aromatic amines is 1. The van der Waals surface area contributed by atoms with Gasteiger partial charge in [-0.05, 0) is 36.4 Å². The van der Waals surface area contributed by atoms with Crippen molar-refractivity contribution in [2.45, 2.75) is 0 Å². The number of imide groups is 1. The summed E-state index contributed by atoms with van der Waals surface area (Å²) in [6.45, 7) is 0. The molecule has 0 aliphatic heterocycles. The van der Waals surface area contributed by atoms with Gasteiger partial charge in [0.1, 0.15) is 11.4 Å².